The molecule has 2 aliphatic heterocycles. The number of hydrogen-bond acceptors (Lipinski definition) is 5. The van der Waals surface area contributed by atoms with Crippen LogP contribution in [0.3, 0.4) is 0 Å². The number of nitrogens with zero attached hydrogens (tertiary/aromatic N) is 3. The molecule has 0 radical (unpaired) electrons. The molecule has 8 nitrogen and oxygen atoms in total. The zero-order valence-electron chi connectivity index (χ0n) is 17.9. The summed E-state index contributed by atoms with van der Waals surface area (Å²) >= 11 is 0. The van der Waals surface area contributed by atoms with Crippen molar-refractivity contribution in [2.45, 2.75) is 62.9 Å². The molecule has 1 aromatic rings. The van der Waals surface area contributed by atoms with Gasteiger partial charge in [-0.1, -0.05) is 6.07 Å². The van der Waals surface area contributed by atoms with E-state index >= 15 is 0 Å². The van der Waals surface area contributed by atoms with E-state index in [1.54, 1.807) is 18.2 Å². The molecule has 166 valence electrons. The predicted octanol–water partition coefficient (Wildman–Crippen LogP) is 2.79. The van der Waals surface area contributed by atoms with Gasteiger partial charge in [-0.3, -0.25) is 4.79 Å². The molecule has 0 bridgehead atoms. The van der Waals surface area contributed by atoms with Crippen LogP contribution in [0.25, 0.3) is 0 Å². The highest BCUT2D eigenvalue weighted by atomic mass is 32.2. The fourth-order valence-electron chi connectivity index (χ4n) is 4.34. The first-order chi connectivity index (χ1) is 14.0. The van der Waals surface area contributed by atoms with Gasteiger partial charge in [0.25, 0.3) is 0 Å². The van der Waals surface area contributed by atoms with Crippen LogP contribution >= 0.6 is 0 Å². The number of sulfonamides is 1. The Balaban J connectivity index is 1.72. The number of piperidine rings is 2. The molecule has 2 heterocycles. The molecule has 0 aliphatic carbocycles. The minimum Gasteiger partial charge on any atom is -0.465 e. The minimum atomic E-state index is -3.67. The number of Topliss-reactive ketones (excluding diaryl/α,β-unsaturated/α-hetero) is 1. The van der Waals surface area contributed by atoms with Crippen molar-refractivity contribution in [3.8, 4) is 0 Å². The summed E-state index contributed by atoms with van der Waals surface area (Å²) in [5.74, 6) is 0.239. The van der Waals surface area contributed by atoms with Crippen molar-refractivity contribution < 1.29 is 23.1 Å². The summed E-state index contributed by atoms with van der Waals surface area (Å²) in [6.07, 6.45) is 0.931. The van der Waals surface area contributed by atoms with E-state index in [0.717, 1.165) is 5.69 Å². The fourth-order valence-corrected chi connectivity index (χ4v) is 5.85. The Morgan fingerprint density at radius 2 is 1.70 bits per heavy atom. The molecule has 0 atom stereocenters. The lowest BCUT2D eigenvalue weighted by Crippen LogP contribution is -2.55. The molecule has 2 aliphatic rings. The van der Waals surface area contributed by atoms with Gasteiger partial charge >= 0.3 is 6.09 Å². The summed E-state index contributed by atoms with van der Waals surface area (Å²) < 4.78 is 27.9. The molecule has 2 saturated heterocycles. The molecule has 0 saturated carbocycles. The highest BCUT2D eigenvalue weighted by Crippen LogP contribution is 2.29. The quantitative estimate of drug-likeness (QED) is 0.778. The molecule has 0 spiro atoms. The molecule has 0 aromatic heterocycles. The van der Waals surface area contributed by atoms with E-state index in [9.17, 15) is 23.1 Å². The van der Waals surface area contributed by atoms with Gasteiger partial charge in [-0.2, -0.15) is 4.31 Å². The lowest BCUT2D eigenvalue weighted by atomic mass is 9.98. The zero-order chi connectivity index (χ0) is 22.1. The molecule has 1 amide bonds. The molecule has 0 unspecified atom stereocenters. The Hall–Kier alpha value is -2.13. The van der Waals surface area contributed by atoms with Gasteiger partial charge in [-0.05, 0) is 51.8 Å². The summed E-state index contributed by atoms with van der Waals surface area (Å²) in [5.41, 5.74) is 0.269. The molecule has 1 N–H and O–H groups in total. The van der Waals surface area contributed by atoms with Gasteiger partial charge in [-0.15, -0.1) is 0 Å². The number of amides is 1. The van der Waals surface area contributed by atoms with Crippen LogP contribution in [0.5, 0.6) is 0 Å². The van der Waals surface area contributed by atoms with Crippen LogP contribution in [0.1, 0.15) is 46.5 Å². The van der Waals surface area contributed by atoms with Gasteiger partial charge in [0.15, 0.2) is 0 Å². The molecule has 1 aromatic carbocycles. The number of hydrogen-bond donors (Lipinski definition) is 1. The maximum atomic E-state index is 13.2. The summed E-state index contributed by atoms with van der Waals surface area (Å²) in [6, 6.07) is 6.67. The van der Waals surface area contributed by atoms with Crippen molar-refractivity contribution in [3.05, 3.63) is 24.3 Å². The van der Waals surface area contributed by atoms with Gasteiger partial charge in [0.05, 0.1) is 4.90 Å². The van der Waals surface area contributed by atoms with Gasteiger partial charge < -0.3 is 14.9 Å². The first-order valence-electron chi connectivity index (χ1n) is 10.4. The Morgan fingerprint density at radius 1 is 1.10 bits per heavy atom. The summed E-state index contributed by atoms with van der Waals surface area (Å²) in [4.78, 5) is 26.9. The van der Waals surface area contributed by atoms with E-state index < -0.39 is 21.7 Å². The standard InChI is InChI=1S/C21H31N3O5S/c1-21(2,3)24(20(26)27)16-7-13-23(14-8-16)30(28,29)19-6-4-5-17(15-19)22-11-9-18(25)10-12-22/h4-6,15-16H,7-14H2,1-3H3,(H,26,27). The second-order valence-corrected chi connectivity index (χ2v) is 10.9. The smallest absolute Gasteiger partial charge is 0.407 e. The Morgan fingerprint density at radius 3 is 2.23 bits per heavy atom. The van der Waals surface area contributed by atoms with E-state index in [0.29, 0.717) is 38.8 Å². The van der Waals surface area contributed by atoms with Crippen LogP contribution in [0.2, 0.25) is 0 Å². The monoisotopic (exact) mass is 437 g/mol. The van der Waals surface area contributed by atoms with Crippen molar-refractivity contribution in [1.82, 2.24) is 9.21 Å². The van der Waals surface area contributed by atoms with Crippen LogP contribution in [0, 0.1) is 0 Å². The van der Waals surface area contributed by atoms with Crippen molar-refractivity contribution in [3.63, 3.8) is 0 Å². The second kappa shape index (κ2) is 8.55. The molecular weight excluding hydrogens is 406 g/mol. The van der Waals surface area contributed by atoms with E-state index in [1.165, 1.54) is 9.21 Å². The van der Waals surface area contributed by atoms with Crippen LogP contribution in [-0.4, -0.2) is 72.4 Å². The van der Waals surface area contributed by atoms with Crippen LogP contribution in [0.4, 0.5) is 10.5 Å². The SMILES string of the molecule is CC(C)(C)N(C(=O)O)C1CCN(S(=O)(=O)c2cccc(N3CCC(=O)CC3)c2)CC1. The number of carbonyl (C=O) groups is 2. The fraction of sp³-hybridized carbons (Fsp3) is 0.619. The third-order valence-corrected chi connectivity index (χ3v) is 7.75. The molecular formula is C21H31N3O5S. The van der Waals surface area contributed by atoms with E-state index in [2.05, 4.69) is 0 Å². The maximum Gasteiger partial charge on any atom is 0.407 e. The summed E-state index contributed by atoms with van der Waals surface area (Å²) in [5, 5.41) is 9.60. The van der Waals surface area contributed by atoms with E-state index in [4.69, 9.17) is 0 Å². The molecule has 3 rings (SSSR count). The van der Waals surface area contributed by atoms with Crippen molar-refractivity contribution in [1.29, 1.82) is 0 Å². The zero-order valence-corrected chi connectivity index (χ0v) is 18.7. The first kappa shape index (κ1) is 22.6. The van der Waals surface area contributed by atoms with Crippen molar-refractivity contribution in [2.75, 3.05) is 31.1 Å². The van der Waals surface area contributed by atoms with E-state index in [1.807, 2.05) is 31.7 Å². The highest BCUT2D eigenvalue weighted by Gasteiger charge is 2.38. The predicted molar refractivity (Wildman–Crippen MR) is 114 cm³/mol. The normalized spacial score (nSPS) is 19.7. The Labute approximate surface area is 178 Å². The highest BCUT2D eigenvalue weighted by molar-refractivity contribution is 7.89. The van der Waals surface area contributed by atoms with Crippen LogP contribution in [0.15, 0.2) is 29.2 Å². The molecule has 2 fully saturated rings. The Kier molecular flexibility index (Phi) is 6.43. The maximum absolute atomic E-state index is 13.2. The van der Waals surface area contributed by atoms with Crippen molar-refractivity contribution >= 4 is 27.6 Å². The topological polar surface area (TPSA) is 98.2 Å². The number of carbonyl (C=O) groups excluding carboxylic acids is 1. The second-order valence-electron chi connectivity index (χ2n) is 8.98. The number of carboxylic acid groups (broad SMARTS) is 1. The van der Waals surface area contributed by atoms with Gasteiger partial charge in [0.1, 0.15) is 5.78 Å². The lowest BCUT2D eigenvalue weighted by molar-refractivity contribution is -0.119. The average molecular weight is 438 g/mol. The molecule has 30 heavy (non-hydrogen) atoms. The Bertz CT molecular complexity index is 891. The third-order valence-electron chi connectivity index (χ3n) is 5.86. The number of rotatable bonds is 4. The summed E-state index contributed by atoms with van der Waals surface area (Å²) in [6.45, 7) is 7.33. The van der Waals surface area contributed by atoms with Gasteiger partial charge in [-0.25, -0.2) is 13.2 Å². The summed E-state index contributed by atoms with van der Waals surface area (Å²) in [7, 11) is -3.67. The average Bonchev–Trinajstić information content (AvgIpc) is 2.68. The van der Waals surface area contributed by atoms with Gasteiger partial charge in [0.2, 0.25) is 10.0 Å². The largest absolute Gasteiger partial charge is 0.465 e. The first-order valence-corrected chi connectivity index (χ1v) is 11.8. The number of ketones is 1. The van der Waals surface area contributed by atoms with Crippen LogP contribution < -0.4 is 4.90 Å². The molecule has 9 heteroatoms. The van der Waals surface area contributed by atoms with Gasteiger partial charge in [0, 0.05) is 56.3 Å². The van der Waals surface area contributed by atoms with Crippen LogP contribution in [-0.2, 0) is 14.8 Å². The van der Waals surface area contributed by atoms with Crippen molar-refractivity contribution in [2.24, 2.45) is 0 Å². The lowest BCUT2D eigenvalue weighted by Gasteiger charge is -2.43. The number of anilines is 1. The third kappa shape index (κ3) is 4.78. The van der Waals surface area contributed by atoms with E-state index in [-0.39, 0.29) is 29.8 Å². The minimum absolute atomic E-state index is 0.203. The number of benzene rings is 1.